The van der Waals surface area contributed by atoms with Crippen molar-refractivity contribution in [2.45, 2.75) is 44.2 Å². The number of nitrogens with one attached hydrogen (secondary N) is 2. The standard InChI is InChI=1S/C23H27F5N4O3S/c24-21(25)34-13-16-9-18(35-17-3-1-15(2-4-17)23(26,27)28)12-32(16)22-31-11-19(36-22)20(33)30-10-14-5-7-29-8-6-14/h1-4,11,14,16,18,21,29H,5-10,12-13H2,(H,30,33)/t16-,18-/m0/s1. The zero-order valence-corrected chi connectivity index (χ0v) is 20.1. The second-order valence-electron chi connectivity index (χ2n) is 8.81. The molecular weight excluding hydrogens is 507 g/mol. The molecule has 3 heterocycles. The van der Waals surface area contributed by atoms with Crippen LogP contribution in [0.1, 0.15) is 34.5 Å². The molecule has 0 bridgehead atoms. The van der Waals surface area contributed by atoms with Gasteiger partial charge in [-0.25, -0.2) is 4.98 Å². The van der Waals surface area contributed by atoms with Crippen molar-refractivity contribution in [3.05, 3.63) is 40.9 Å². The van der Waals surface area contributed by atoms with E-state index in [2.05, 4.69) is 20.4 Å². The van der Waals surface area contributed by atoms with Crippen molar-refractivity contribution >= 4 is 22.4 Å². The van der Waals surface area contributed by atoms with Crippen molar-refractivity contribution in [3.63, 3.8) is 0 Å². The number of hydrogen-bond donors (Lipinski definition) is 2. The number of carbonyl (C=O) groups excluding carboxylic acids is 1. The number of amides is 1. The number of carbonyl (C=O) groups is 1. The zero-order chi connectivity index (χ0) is 25.7. The number of ether oxygens (including phenoxy) is 2. The summed E-state index contributed by atoms with van der Waals surface area (Å²) in [6.45, 7) is -0.556. The molecule has 2 atom stereocenters. The average molecular weight is 535 g/mol. The normalized spacial score (nSPS) is 21.2. The van der Waals surface area contributed by atoms with Crippen LogP contribution in [0.2, 0.25) is 0 Å². The first-order chi connectivity index (χ1) is 17.2. The highest BCUT2D eigenvalue weighted by Gasteiger charge is 2.36. The van der Waals surface area contributed by atoms with Gasteiger partial charge in [-0.15, -0.1) is 0 Å². The van der Waals surface area contributed by atoms with Gasteiger partial charge in [0, 0.05) is 13.0 Å². The van der Waals surface area contributed by atoms with E-state index in [-0.39, 0.29) is 24.8 Å². The SMILES string of the molecule is O=C(NCC1CCNCC1)c1cnc(N2C[C@@H](Oc3ccc(C(F)(F)F)cc3)C[C@H]2COC(F)F)s1. The minimum absolute atomic E-state index is 0.237. The lowest BCUT2D eigenvalue weighted by Gasteiger charge is -2.23. The molecule has 0 saturated carbocycles. The van der Waals surface area contributed by atoms with Crippen molar-refractivity contribution in [2.75, 3.05) is 37.7 Å². The number of anilines is 1. The number of nitrogens with zero attached hydrogens (tertiary/aromatic N) is 2. The minimum Gasteiger partial charge on any atom is -0.489 e. The van der Waals surface area contributed by atoms with E-state index in [1.807, 2.05) is 0 Å². The van der Waals surface area contributed by atoms with Crippen molar-refractivity contribution in [1.82, 2.24) is 15.6 Å². The maximum absolute atomic E-state index is 12.8. The Kier molecular flexibility index (Phi) is 8.62. The fourth-order valence-corrected chi connectivity index (χ4v) is 5.28. The van der Waals surface area contributed by atoms with Crippen LogP contribution in [0.4, 0.5) is 27.1 Å². The second-order valence-corrected chi connectivity index (χ2v) is 9.82. The number of thiazole rings is 1. The molecule has 2 saturated heterocycles. The van der Waals surface area contributed by atoms with Crippen LogP contribution in [0.5, 0.6) is 5.75 Å². The molecule has 7 nitrogen and oxygen atoms in total. The number of benzene rings is 1. The van der Waals surface area contributed by atoms with Gasteiger partial charge in [-0.3, -0.25) is 4.79 Å². The van der Waals surface area contributed by atoms with Crippen LogP contribution in [0.25, 0.3) is 0 Å². The Hall–Kier alpha value is -2.51. The maximum Gasteiger partial charge on any atom is 0.416 e. The maximum atomic E-state index is 12.8. The number of alkyl halides is 5. The first-order valence-corrected chi connectivity index (χ1v) is 12.5. The van der Waals surface area contributed by atoms with E-state index < -0.39 is 30.5 Å². The third-order valence-electron chi connectivity index (χ3n) is 6.25. The summed E-state index contributed by atoms with van der Waals surface area (Å²) in [6.07, 6.45) is -1.21. The molecule has 2 aromatic rings. The van der Waals surface area contributed by atoms with E-state index in [1.54, 1.807) is 4.90 Å². The van der Waals surface area contributed by atoms with Crippen LogP contribution < -0.4 is 20.3 Å². The third-order valence-corrected chi connectivity index (χ3v) is 7.28. The van der Waals surface area contributed by atoms with E-state index in [1.165, 1.54) is 18.3 Å². The molecule has 1 aromatic carbocycles. The predicted octanol–water partition coefficient (Wildman–Crippen LogP) is 4.16. The topological polar surface area (TPSA) is 75.7 Å². The molecular formula is C23H27F5N4O3S. The number of aromatic nitrogens is 1. The fraction of sp³-hybridized carbons (Fsp3) is 0.565. The predicted molar refractivity (Wildman–Crippen MR) is 124 cm³/mol. The molecule has 4 rings (SSSR count). The molecule has 2 aliphatic heterocycles. The summed E-state index contributed by atoms with van der Waals surface area (Å²) >= 11 is 1.14. The first kappa shape index (κ1) is 26.6. The van der Waals surface area contributed by atoms with E-state index in [0.29, 0.717) is 28.9 Å². The number of hydrogen-bond acceptors (Lipinski definition) is 7. The van der Waals surface area contributed by atoms with Crippen LogP contribution in [-0.4, -0.2) is 62.4 Å². The van der Waals surface area contributed by atoms with Gasteiger partial charge in [0.15, 0.2) is 5.13 Å². The minimum atomic E-state index is -4.46. The Morgan fingerprint density at radius 2 is 1.94 bits per heavy atom. The molecule has 0 unspecified atom stereocenters. The summed E-state index contributed by atoms with van der Waals surface area (Å²) in [5.41, 5.74) is -0.792. The molecule has 0 aliphatic carbocycles. The highest BCUT2D eigenvalue weighted by molar-refractivity contribution is 7.17. The summed E-state index contributed by atoms with van der Waals surface area (Å²) in [5.74, 6) is 0.412. The Morgan fingerprint density at radius 3 is 2.61 bits per heavy atom. The second kappa shape index (κ2) is 11.7. The van der Waals surface area contributed by atoms with Gasteiger partial charge in [0.25, 0.3) is 5.91 Å². The molecule has 1 aromatic heterocycles. The highest BCUT2D eigenvalue weighted by atomic mass is 32.1. The average Bonchev–Trinajstić information content (AvgIpc) is 3.49. The van der Waals surface area contributed by atoms with Crippen molar-refractivity contribution in [1.29, 1.82) is 0 Å². The van der Waals surface area contributed by atoms with Crippen LogP contribution >= 0.6 is 11.3 Å². The summed E-state index contributed by atoms with van der Waals surface area (Å²) < 4.78 is 74.2. The first-order valence-electron chi connectivity index (χ1n) is 11.6. The van der Waals surface area contributed by atoms with Gasteiger partial charge in [-0.05, 0) is 56.1 Å². The quantitative estimate of drug-likeness (QED) is 0.471. The Morgan fingerprint density at radius 1 is 1.22 bits per heavy atom. The monoisotopic (exact) mass is 534 g/mol. The van der Waals surface area contributed by atoms with Gasteiger partial charge in [0.05, 0.1) is 31.0 Å². The molecule has 13 heteroatoms. The van der Waals surface area contributed by atoms with Gasteiger partial charge in [0.2, 0.25) is 0 Å². The van der Waals surface area contributed by atoms with Gasteiger partial charge >= 0.3 is 12.8 Å². The smallest absolute Gasteiger partial charge is 0.416 e. The molecule has 2 aliphatic rings. The Bertz CT molecular complexity index is 998. The molecule has 36 heavy (non-hydrogen) atoms. The summed E-state index contributed by atoms with van der Waals surface area (Å²) in [5, 5.41) is 6.68. The van der Waals surface area contributed by atoms with E-state index in [9.17, 15) is 26.7 Å². The van der Waals surface area contributed by atoms with Gasteiger partial charge < -0.3 is 25.0 Å². The molecule has 198 valence electrons. The number of rotatable bonds is 9. The summed E-state index contributed by atoms with van der Waals surface area (Å²) in [7, 11) is 0. The van der Waals surface area contributed by atoms with E-state index in [4.69, 9.17) is 4.74 Å². The fourth-order valence-electron chi connectivity index (χ4n) is 4.36. The Labute approximate surface area is 209 Å². The Balaban J connectivity index is 1.39. The van der Waals surface area contributed by atoms with Crippen molar-refractivity contribution < 1.29 is 36.2 Å². The van der Waals surface area contributed by atoms with Crippen molar-refractivity contribution in [3.8, 4) is 5.75 Å². The molecule has 1 amide bonds. The number of piperidine rings is 1. The number of halogens is 5. The van der Waals surface area contributed by atoms with E-state index in [0.717, 1.165) is 49.4 Å². The molecule has 0 radical (unpaired) electrons. The van der Waals surface area contributed by atoms with Gasteiger partial charge in [0.1, 0.15) is 16.7 Å². The summed E-state index contributed by atoms with van der Waals surface area (Å²) in [4.78, 5) is 19.1. The van der Waals surface area contributed by atoms with Crippen LogP contribution in [0.15, 0.2) is 30.5 Å². The van der Waals surface area contributed by atoms with Crippen LogP contribution in [-0.2, 0) is 10.9 Å². The molecule has 2 N–H and O–H groups in total. The van der Waals surface area contributed by atoms with Crippen LogP contribution in [0, 0.1) is 5.92 Å². The van der Waals surface area contributed by atoms with Crippen molar-refractivity contribution in [2.24, 2.45) is 5.92 Å². The summed E-state index contributed by atoms with van der Waals surface area (Å²) in [6, 6.07) is 3.80. The zero-order valence-electron chi connectivity index (χ0n) is 19.3. The largest absolute Gasteiger partial charge is 0.489 e. The van der Waals surface area contributed by atoms with Gasteiger partial charge in [-0.1, -0.05) is 11.3 Å². The van der Waals surface area contributed by atoms with Gasteiger partial charge in [-0.2, -0.15) is 22.0 Å². The van der Waals surface area contributed by atoms with E-state index >= 15 is 0 Å². The highest BCUT2D eigenvalue weighted by Crippen LogP contribution is 2.34. The lowest BCUT2D eigenvalue weighted by molar-refractivity contribution is -0.137. The lowest BCUT2D eigenvalue weighted by Crippen LogP contribution is -2.35. The van der Waals surface area contributed by atoms with Crippen LogP contribution in [0.3, 0.4) is 0 Å². The third kappa shape index (κ3) is 7.04. The molecule has 2 fully saturated rings. The molecule has 0 spiro atoms. The lowest BCUT2D eigenvalue weighted by atomic mass is 9.98.